The van der Waals surface area contributed by atoms with Crippen molar-refractivity contribution < 1.29 is 42.9 Å². The van der Waals surface area contributed by atoms with E-state index in [0.29, 0.717) is 36.7 Å². The number of carbonyl (C=O) groups is 4. The molecule has 2 heterocycles. The van der Waals surface area contributed by atoms with E-state index in [2.05, 4.69) is 36.3 Å². The average molecular weight is 809 g/mol. The zero-order valence-corrected chi connectivity index (χ0v) is 35.1. The number of pyridine rings is 1. The smallest absolute Gasteiger partial charge is 0.415 e. The van der Waals surface area contributed by atoms with Crippen LogP contribution in [0.1, 0.15) is 92.2 Å². The van der Waals surface area contributed by atoms with Crippen LogP contribution in [0.4, 0.5) is 20.2 Å². The van der Waals surface area contributed by atoms with Crippen molar-refractivity contribution in [2.45, 2.75) is 98.1 Å². The van der Waals surface area contributed by atoms with Gasteiger partial charge in [-0.15, -0.1) is 0 Å². The van der Waals surface area contributed by atoms with Gasteiger partial charge in [-0.05, 0) is 99.9 Å². The van der Waals surface area contributed by atoms with Gasteiger partial charge in [-0.3, -0.25) is 4.90 Å². The van der Waals surface area contributed by atoms with Gasteiger partial charge in [0.05, 0.1) is 31.4 Å². The summed E-state index contributed by atoms with van der Waals surface area (Å²) in [5, 5.41) is 2.96. The number of alkyl carbamates (subject to hydrolysis) is 1. The van der Waals surface area contributed by atoms with Gasteiger partial charge in [0, 0.05) is 18.8 Å². The second-order valence-corrected chi connectivity index (χ2v) is 15.8. The fourth-order valence-corrected chi connectivity index (χ4v) is 6.52. The fourth-order valence-electron chi connectivity index (χ4n) is 6.52. The molecule has 3 amide bonds. The second-order valence-electron chi connectivity index (χ2n) is 15.8. The van der Waals surface area contributed by atoms with Gasteiger partial charge in [0.15, 0.2) is 0 Å². The van der Waals surface area contributed by atoms with Crippen molar-refractivity contribution in [2.75, 3.05) is 31.2 Å². The quantitative estimate of drug-likeness (QED) is 0.0624. The minimum Gasteiger partial charge on any atom is -0.494 e. The number of aromatic nitrogens is 1. The van der Waals surface area contributed by atoms with E-state index in [-0.39, 0.29) is 44.3 Å². The number of ether oxygens (including phenoxy) is 5. The normalized spacial score (nSPS) is 14.3. The maximum atomic E-state index is 13.5. The van der Waals surface area contributed by atoms with Gasteiger partial charge in [-0.2, -0.15) is 0 Å². The molecule has 13 nitrogen and oxygen atoms in total. The Morgan fingerprint density at radius 3 is 2.39 bits per heavy atom. The Labute approximate surface area is 346 Å². The average Bonchev–Trinajstić information content (AvgIpc) is 3.55. The van der Waals surface area contributed by atoms with E-state index in [0.717, 1.165) is 16.7 Å². The zero-order chi connectivity index (χ0) is 42.5. The van der Waals surface area contributed by atoms with E-state index in [1.807, 2.05) is 66.7 Å². The lowest BCUT2D eigenvalue weighted by Crippen LogP contribution is -2.48. The van der Waals surface area contributed by atoms with Crippen molar-refractivity contribution in [1.29, 1.82) is 0 Å². The lowest BCUT2D eigenvalue weighted by molar-refractivity contribution is 0.0435. The predicted octanol–water partition coefficient (Wildman–Crippen LogP) is 8.76. The first-order valence-electron chi connectivity index (χ1n) is 20.1. The Bertz CT molecular complexity index is 2050. The Balaban J connectivity index is 1.26. The van der Waals surface area contributed by atoms with Crippen LogP contribution in [0.3, 0.4) is 0 Å². The standard InChI is InChI=1S/C46H56N4O9/c1-8-55-42(51)37-23-32(4)47-41(27-37)50(45(54)57-30-33-15-10-9-11-16-33)21-14-22-56-38-20-13-17-34(25-38)26-39(48-43(52)59-46(5,6)7)40-29-49(44(53)58-40)28-35-18-12-19-36(24-35)31(2)3/h9-13,15-20,23-25,27,31,39-40H,8,14,21-22,26,28-30H2,1-7H3,(H,48,52). The van der Waals surface area contributed by atoms with Crippen molar-refractivity contribution >= 4 is 30.1 Å². The van der Waals surface area contributed by atoms with Gasteiger partial charge in [0.25, 0.3) is 0 Å². The molecule has 314 valence electrons. The van der Waals surface area contributed by atoms with Crippen LogP contribution in [0.15, 0.2) is 91.0 Å². The zero-order valence-electron chi connectivity index (χ0n) is 35.1. The Morgan fingerprint density at radius 2 is 1.66 bits per heavy atom. The lowest BCUT2D eigenvalue weighted by Gasteiger charge is -2.26. The van der Waals surface area contributed by atoms with Crippen LogP contribution in [0, 0.1) is 6.92 Å². The van der Waals surface area contributed by atoms with Crippen LogP contribution in [-0.4, -0.2) is 78.2 Å². The van der Waals surface area contributed by atoms with Crippen molar-refractivity contribution in [3.63, 3.8) is 0 Å². The van der Waals surface area contributed by atoms with Gasteiger partial charge in [-0.1, -0.05) is 80.6 Å². The minimum absolute atomic E-state index is 0.0596. The molecule has 0 spiro atoms. The Morgan fingerprint density at radius 1 is 0.932 bits per heavy atom. The van der Waals surface area contributed by atoms with E-state index in [1.165, 1.54) is 16.5 Å². The molecule has 0 radical (unpaired) electrons. The summed E-state index contributed by atoms with van der Waals surface area (Å²) < 4.78 is 28.5. The van der Waals surface area contributed by atoms with Crippen LogP contribution in [0.25, 0.3) is 0 Å². The van der Waals surface area contributed by atoms with Gasteiger partial charge in [-0.25, -0.2) is 24.2 Å². The summed E-state index contributed by atoms with van der Waals surface area (Å²) in [7, 11) is 0. The molecule has 0 saturated carbocycles. The number of hydrogen-bond acceptors (Lipinski definition) is 10. The fraction of sp³-hybridized carbons (Fsp3) is 0.413. The second kappa shape index (κ2) is 20.5. The molecule has 1 fully saturated rings. The molecule has 1 aliphatic heterocycles. The minimum atomic E-state index is -0.727. The molecule has 0 aliphatic carbocycles. The topological polar surface area (TPSA) is 146 Å². The summed E-state index contributed by atoms with van der Waals surface area (Å²) in [6.45, 7) is 14.4. The molecule has 1 saturated heterocycles. The third-order valence-electron chi connectivity index (χ3n) is 9.35. The highest BCUT2D eigenvalue weighted by molar-refractivity contribution is 5.93. The third kappa shape index (κ3) is 13.5. The Hall–Kier alpha value is -6.11. The van der Waals surface area contributed by atoms with Crippen LogP contribution >= 0.6 is 0 Å². The molecular weight excluding hydrogens is 753 g/mol. The van der Waals surface area contributed by atoms with E-state index in [9.17, 15) is 19.2 Å². The van der Waals surface area contributed by atoms with Crippen LogP contribution in [-0.2, 0) is 38.5 Å². The van der Waals surface area contributed by atoms with Gasteiger partial charge < -0.3 is 33.9 Å². The van der Waals surface area contributed by atoms with Crippen LogP contribution in [0.2, 0.25) is 0 Å². The summed E-state index contributed by atoms with van der Waals surface area (Å²) >= 11 is 0. The molecule has 1 aromatic heterocycles. The maximum Gasteiger partial charge on any atom is 0.415 e. The third-order valence-corrected chi connectivity index (χ3v) is 9.35. The first-order valence-corrected chi connectivity index (χ1v) is 20.1. The van der Waals surface area contributed by atoms with Crippen molar-refractivity contribution in [2.24, 2.45) is 0 Å². The molecule has 4 aromatic rings. The Kier molecular flexibility index (Phi) is 15.3. The van der Waals surface area contributed by atoms with E-state index in [4.69, 9.17) is 23.7 Å². The monoisotopic (exact) mass is 808 g/mol. The number of hydrogen-bond donors (Lipinski definition) is 1. The van der Waals surface area contributed by atoms with Gasteiger partial charge in [0.2, 0.25) is 0 Å². The SMILES string of the molecule is CCOC(=O)c1cc(C)nc(N(CCCOc2cccc(CC(NC(=O)OC(C)(C)C)C3CN(Cc4cccc(C(C)C)c4)C(=O)O3)c2)C(=O)OCc2ccccc2)c1. The molecule has 2 unspecified atom stereocenters. The maximum absolute atomic E-state index is 13.5. The first-order chi connectivity index (χ1) is 28.2. The summed E-state index contributed by atoms with van der Waals surface area (Å²) in [6.07, 6.45) is -1.60. The summed E-state index contributed by atoms with van der Waals surface area (Å²) in [4.78, 5) is 59.9. The van der Waals surface area contributed by atoms with Crippen molar-refractivity contribution in [3.05, 3.63) is 125 Å². The number of nitrogens with zero attached hydrogens (tertiary/aromatic N) is 3. The van der Waals surface area contributed by atoms with E-state index >= 15 is 0 Å². The molecular formula is C46H56N4O9. The number of aryl methyl sites for hydroxylation is 1. The molecule has 13 heteroatoms. The molecule has 2 atom stereocenters. The van der Waals surface area contributed by atoms with E-state index in [1.54, 1.807) is 45.6 Å². The van der Waals surface area contributed by atoms with Crippen molar-refractivity contribution in [3.8, 4) is 5.75 Å². The predicted molar refractivity (Wildman–Crippen MR) is 224 cm³/mol. The van der Waals surface area contributed by atoms with Gasteiger partial charge in [0.1, 0.15) is 29.9 Å². The molecule has 59 heavy (non-hydrogen) atoms. The summed E-state index contributed by atoms with van der Waals surface area (Å²) in [6, 6.07) is 27.5. The molecule has 1 N–H and O–H groups in total. The number of carbonyl (C=O) groups excluding carboxylic acids is 4. The van der Waals surface area contributed by atoms with Crippen LogP contribution < -0.4 is 15.0 Å². The summed E-state index contributed by atoms with van der Waals surface area (Å²) in [5.41, 5.74) is 3.94. The largest absolute Gasteiger partial charge is 0.494 e. The van der Waals surface area contributed by atoms with Crippen molar-refractivity contribution in [1.82, 2.24) is 15.2 Å². The molecule has 5 rings (SSSR count). The highest BCUT2D eigenvalue weighted by Gasteiger charge is 2.38. The van der Waals surface area contributed by atoms with Crippen LogP contribution in [0.5, 0.6) is 5.75 Å². The number of esters is 1. The number of nitrogens with one attached hydrogen (secondary N) is 1. The first kappa shape index (κ1) is 44.0. The number of anilines is 1. The number of amides is 3. The highest BCUT2D eigenvalue weighted by atomic mass is 16.6. The van der Waals surface area contributed by atoms with E-state index < -0.39 is 42.0 Å². The number of cyclic esters (lactones) is 1. The summed E-state index contributed by atoms with van der Waals surface area (Å²) in [5.74, 6) is 0.666. The molecule has 0 bridgehead atoms. The van der Waals surface area contributed by atoms with Gasteiger partial charge >= 0.3 is 24.2 Å². The highest BCUT2D eigenvalue weighted by Crippen LogP contribution is 2.24. The molecule has 1 aliphatic rings. The number of rotatable bonds is 17. The number of benzene rings is 3. The lowest BCUT2D eigenvalue weighted by atomic mass is 10.00. The molecule has 3 aromatic carbocycles.